The van der Waals surface area contributed by atoms with Crippen LogP contribution in [0.25, 0.3) is 10.2 Å². The van der Waals surface area contributed by atoms with Crippen molar-refractivity contribution in [1.29, 1.82) is 0 Å². The van der Waals surface area contributed by atoms with Crippen LogP contribution in [-0.2, 0) is 23.1 Å². The van der Waals surface area contributed by atoms with E-state index in [0.29, 0.717) is 42.4 Å². The minimum Gasteiger partial charge on any atom is -0.296 e. The molecule has 0 radical (unpaired) electrons. The number of hydrogen-bond acceptors (Lipinski definition) is 5. The standard InChI is InChI=1S/C25H24ClN3O3S2/c26-21-8-6-20(7-9-21)18-29-23-11-10-22(16-24(23)33-25(29)30)34(31,32)28-14-12-27(13-15-28)17-19-4-2-1-3-5-19/h1-11,16H,12-15,17-18H2. The molecule has 0 unspecified atom stereocenters. The van der Waals surface area contributed by atoms with Gasteiger partial charge in [0, 0.05) is 37.7 Å². The van der Waals surface area contributed by atoms with Gasteiger partial charge in [0.2, 0.25) is 10.0 Å². The lowest BCUT2D eigenvalue weighted by atomic mass is 10.2. The second-order valence-electron chi connectivity index (χ2n) is 8.38. The molecule has 1 saturated heterocycles. The van der Waals surface area contributed by atoms with Crippen LogP contribution < -0.4 is 4.87 Å². The highest BCUT2D eigenvalue weighted by atomic mass is 35.5. The fourth-order valence-corrected chi connectivity index (χ4v) is 6.83. The Morgan fingerprint density at radius 2 is 1.50 bits per heavy atom. The molecule has 6 nitrogen and oxygen atoms in total. The second-order valence-corrected chi connectivity index (χ2v) is 11.7. The van der Waals surface area contributed by atoms with Crippen LogP contribution in [0.15, 0.2) is 82.5 Å². The summed E-state index contributed by atoms with van der Waals surface area (Å²) in [6.45, 7) is 3.48. The molecule has 0 bridgehead atoms. The van der Waals surface area contributed by atoms with Gasteiger partial charge in [-0.3, -0.25) is 14.3 Å². The van der Waals surface area contributed by atoms with Crippen LogP contribution in [0.2, 0.25) is 5.02 Å². The lowest BCUT2D eigenvalue weighted by Crippen LogP contribution is -2.48. The molecule has 0 N–H and O–H groups in total. The Labute approximate surface area is 207 Å². The van der Waals surface area contributed by atoms with Gasteiger partial charge in [0.05, 0.1) is 21.7 Å². The molecule has 0 spiro atoms. The first-order valence-electron chi connectivity index (χ1n) is 11.0. The fraction of sp³-hybridized carbons (Fsp3) is 0.240. The number of aromatic nitrogens is 1. The van der Waals surface area contributed by atoms with Crippen LogP contribution in [0, 0.1) is 0 Å². The quantitative estimate of drug-likeness (QED) is 0.386. The predicted molar refractivity (Wildman–Crippen MR) is 137 cm³/mol. The summed E-state index contributed by atoms with van der Waals surface area (Å²) >= 11 is 7.03. The van der Waals surface area contributed by atoms with Crippen molar-refractivity contribution in [2.24, 2.45) is 0 Å². The summed E-state index contributed by atoms with van der Waals surface area (Å²) in [5.74, 6) is 0. The maximum atomic E-state index is 13.3. The van der Waals surface area contributed by atoms with Gasteiger partial charge in [-0.05, 0) is 41.5 Å². The van der Waals surface area contributed by atoms with Crippen molar-refractivity contribution in [3.05, 3.63) is 98.6 Å². The molecule has 1 aromatic heterocycles. The number of thiazole rings is 1. The molecule has 0 aliphatic carbocycles. The van der Waals surface area contributed by atoms with Crippen LogP contribution in [0.5, 0.6) is 0 Å². The van der Waals surface area contributed by atoms with Crippen molar-refractivity contribution in [2.45, 2.75) is 18.0 Å². The summed E-state index contributed by atoms with van der Waals surface area (Å²) in [6.07, 6.45) is 0. The number of benzene rings is 3. The second kappa shape index (κ2) is 9.64. The highest BCUT2D eigenvalue weighted by molar-refractivity contribution is 7.89. The number of hydrogen-bond donors (Lipinski definition) is 0. The van der Waals surface area contributed by atoms with Gasteiger partial charge in [0.25, 0.3) is 0 Å². The number of rotatable bonds is 6. The average Bonchev–Trinajstić information content (AvgIpc) is 3.15. The van der Waals surface area contributed by atoms with E-state index in [-0.39, 0.29) is 9.77 Å². The average molecular weight is 514 g/mol. The van der Waals surface area contributed by atoms with Crippen LogP contribution in [-0.4, -0.2) is 48.4 Å². The summed E-state index contributed by atoms with van der Waals surface area (Å²) in [4.78, 5) is 15.0. The third kappa shape index (κ3) is 4.82. The van der Waals surface area contributed by atoms with Crippen molar-refractivity contribution in [2.75, 3.05) is 26.2 Å². The molecular weight excluding hydrogens is 490 g/mol. The van der Waals surface area contributed by atoms with E-state index < -0.39 is 10.0 Å². The monoisotopic (exact) mass is 513 g/mol. The van der Waals surface area contributed by atoms with E-state index in [9.17, 15) is 13.2 Å². The molecule has 5 rings (SSSR count). The fourth-order valence-electron chi connectivity index (χ4n) is 4.25. The molecule has 3 aromatic carbocycles. The van der Waals surface area contributed by atoms with Gasteiger partial charge < -0.3 is 0 Å². The zero-order valence-electron chi connectivity index (χ0n) is 18.4. The van der Waals surface area contributed by atoms with Crippen LogP contribution >= 0.6 is 22.9 Å². The zero-order chi connectivity index (χ0) is 23.7. The largest absolute Gasteiger partial charge is 0.308 e. The lowest BCUT2D eigenvalue weighted by Gasteiger charge is -2.34. The van der Waals surface area contributed by atoms with Crippen LogP contribution in [0.1, 0.15) is 11.1 Å². The Morgan fingerprint density at radius 3 is 2.21 bits per heavy atom. The molecule has 9 heteroatoms. The van der Waals surface area contributed by atoms with Gasteiger partial charge in [-0.1, -0.05) is 65.4 Å². The Morgan fingerprint density at radius 1 is 0.824 bits per heavy atom. The normalized spacial score (nSPS) is 15.7. The van der Waals surface area contributed by atoms with E-state index in [1.165, 1.54) is 5.56 Å². The van der Waals surface area contributed by atoms with Crippen LogP contribution in [0.4, 0.5) is 0 Å². The summed E-state index contributed by atoms with van der Waals surface area (Å²) in [5, 5.41) is 0.641. The SMILES string of the molecule is O=c1sc2cc(S(=O)(=O)N3CCN(Cc4ccccc4)CC3)ccc2n1Cc1ccc(Cl)cc1. The molecule has 176 valence electrons. The number of fused-ring (bicyclic) bond motifs is 1. The predicted octanol–water partition coefficient (Wildman–Crippen LogP) is 4.27. The van der Waals surface area contributed by atoms with Gasteiger partial charge in [-0.2, -0.15) is 4.31 Å². The maximum Gasteiger partial charge on any atom is 0.308 e. The Hall–Kier alpha value is -2.49. The van der Waals surface area contributed by atoms with Gasteiger partial charge in [0.1, 0.15) is 0 Å². The van der Waals surface area contributed by atoms with E-state index in [4.69, 9.17) is 11.6 Å². The van der Waals surface area contributed by atoms with E-state index >= 15 is 0 Å². The number of sulfonamides is 1. The van der Waals surface area contributed by atoms with Crippen molar-refractivity contribution >= 4 is 43.2 Å². The summed E-state index contributed by atoms with van der Waals surface area (Å²) in [6, 6.07) is 22.5. The third-order valence-corrected chi connectivity index (χ3v) is 9.20. The lowest BCUT2D eigenvalue weighted by molar-refractivity contribution is 0.181. The number of halogens is 1. The highest BCUT2D eigenvalue weighted by Gasteiger charge is 2.29. The van der Waals surface area contributed by atoms with E-state index in [0.717, 1.165) is 29.0 Å². The van der Waals surface area contributed by atoms with Gasteiger partial charge in [0.15, 0.2) is 0 Å². The summed E-state index contributed by atoms with van der Waals surface area (Å²) in [7, 11) is -3.63. The van der Waals surface area contributed by atoms with Crippen LogP contribution in [0.3, 0.4) is 0 Å². The Kier molecular flexibility index (Phi) is 6.59. The molecule has 0 atom stereocenters. The van der Waals surface area contributed by atoms with Gasteiger partial charge in [-0.15, -0.1) is 0 Å². The van der Waals surface area contributed by atoms with E-state index in [1.54, 1.807) is 39.2 Å². The molecule has 4 aromatic rings. The summed E-state index contributed by atoms with van der Waals surface area (Å²) in [5.41, 5.74) is 2.91. The topological polar surface area (TPSA) is 62.6 Å². The smallest absolute Gasteiger partial charge is 0.296 e. The van der Waals surface area contributed by atoms with E-state index in [1.807, 2.05) is 30.3 Å². The maximum absolute atomic E-state index is 13.3. The molecule has 0 amide bonds. The van der Waals surface area contributed by atoms with Gasteiger partial charge in [-0.25, -0.2) is 8.42 Å². The number of piperazine rings is 1. The minimum absolute atomic E-state index is 0.117. The number of nitrogens with zero attached hydrogens (tertiary/aromatic N) is 3. The zero-order valence-corrected chi connectivity index (χ0v) is 20.8. The molecule has 34 heavy (non-hydrogen) atoms. The Balaban J connectivity index is 1.32. The first-order chi connectivity index (χ1) is 16.4. The highest BCUT2D eigenvalue weighted by Crippen LogP contribution is 2.25. The molecule has 1 aliphatic rings. The Bertz CT molecular complexity index is 1460. The molecule has 0 saturated carbocycles. The van der Waals surface area contributed by atoms with Crippen molar-refractivity contribution in [3.8, 4) is 0 Å². The molecule has 1 aliphatic heterocycles. The van der Waals surface area contributed by atoms with Crippen molar-refractivity contribution in [3.63, 3.8) is 0 Å². The molecule has 2 heterocycles. The van der Waals surface area contributed by atoms with Crippen molar-refractivity contribution in [1.82, 2.24) is 13.8 Å². The molecule has 1 fully saturated rings. The first kappa shape index (κ1) is 23.3. The third-order valence-electron chi connectivity index (χ3n) is 6.11. The van der Waals surface area contributed by atoms with Crippen molar-refractivity contribution < 1.29 is 8.42 Å². The minimum atomic E-state index is -3.63. The summed E-state index contributed by atoms with van der Waals surface area (Å²) < 4.78 is 30.5. The van der Waals surface area contributed by atoms with E-state index in [2.05, 4.69) is 17.0 Å². The van der Waals surface area contributed by atoms with Gasteiger partial charge >= 0.3 is 4.87 Å². The first-order valence-corrected chi connectivity index (χ1v) is 13.7. The molecular formula is C25H24ClN3O3S2.